The van der Waals surface area contributed by atoms with Crippen molar-refractivity contribution in [3.8, 4) is 28.0 Å². The van der Waals surface area contributed by atoms with Gasteiger partial charge in [-0.25, -0.2) is 9.18 Å². The summed E-state index contributed by atoms with van der Waals surface area (Å²) in [4.78, 5) is 11.8. The van der Waals surface area contributed by atoms with Crippen molar-refractivity contribution in [3.05, 3.63) is 89.8 Å². The smallest absolute Gasteiger partial charge is 0.333 e. The first-order chi connectivity index (χ1) is 19.9. The van der Waals surface area contributed by atoms with Crippen molar-refractivity contribution >= 4 is 5.97 Å². The Labute approximate surface area is 242 Å². The van der Waals surface area contributed by atoms with Gasteiger partial charge < -0.3 is 24.4 Å². The van der Waals surface area contributed by atoms with E-state index in [1.165, 1.54) is 0 Å². The zero-order chi connectivity index (χ0) is 29.6. The van der Waals surface area contributed by atoms with Gasteiger partial charge in [0, 0.05) is 44.0 Å². The first-order valence-electron chi connectivity index (χ1n) is 14.0. The van der Waals surface area contributed by atoms with E-state index in [1.807, 2.05) is 48.5 Å². The van der Waals surface area contributed by atoms with Crippen molar-refractivity contribution in [1.29, 1.82) is 0 Å². The summed E-state index contributed by atoms with van der Waals surface area (Å²) in [5, 5.41) is 18.9. The Morgan fingerprint density at radius 2 is 1.54 bits per heavy atom. The first-order valence-corrected chi connectivity index (χ1v) is 14.0. The summed E-state index contributed by atoms with van der Waals surface area (Å²) >= 11 is 0. The lowest BCUT2D eigenvalue weighted by Crippen LogP contribution is -2.16. The predicted octanol–water partition coefficient (Wildman–Crippen LogP) is 6.16. The van der Waals surface area contributed by atoms with Gasteiger partial charge in [0.05, 0.1) is 13.2 Å². The summed E-state index contributed by atoms with van der Waals surface area (Å²) in [6.07, 6.45) is 2.97. The topological polar surface area (TPSA) is 85.2 Å². The molecule has 0 spiro atoms. The van der Waals surface area contributed by atoms with Gasteiger partial charge in [0.25, 0.3) is 0 Å². The number of benzene rings is 3. The van der Waals surface area contributed by atoms with Crippen molar-refractivity contribution in [3.63, 3.8) is 0 Å². The number of hydrogen-bond acceptors (Lipinski definition) is 6. The number of aryl methyl sites for hydroxylation is 2. The molecule has 0 aliphatic carbocycles. The molecule has 6 nitrogen and oxygen atoms in total. The molecular formula is C34H41FO6. The Morgan fingerprint density at radius 1 is 0.878 bits per heavy atom. The average molecular weight is 565 g/mol. The normalized spacial score (nSPS) is 11.1. The van der Waals surface area contributed by atoms with Gasteiger partial charge in [0.1, 0.15) is 11.6 Å². The van der Waals surface area contributed by atoms with E-state index in [2.05, 4.69) is 6.58 Å². The molecule has 0 saturated carbocycles. The minimum Gasteiger partial charge on any atom is -0.493 e. The fourth-order valence-electron chi connectivity index (χ4n) is 4.55. The quantitative estimate of drug-likeness (QED) is 0.116. The minimum absolute atomic E-state index is 0.126. The largest absolute Gasteiger partial charge is 0.493 e. The lowest BCUT2D eigenvalue weighted by Gasteiger charge is -2.20. The van der Waals surface area contributed by atoms with Crippen molar-refractivity contribution in [1.82, 2.24) is 0 Å². The fourth-order valence-corrected chi connectivity index (χ4v) is 4.55. The highest BCUT2D eigenvalue weighted by atomic mass is 19.1. The maximum Gasteiger partial charge on any atom is 0.333 e. The molecule has 220 valence electrons. The number of rotatable bonds is 17. The number of esters is 1. The van der Waals surface area contributed by atoms with Gasteiger partial charge in [-0.05, 0) is 85.0 Å². The molecule has 41 heavy (non-hydrogen) atoms. The molecular weight excluding hydrogens is 523 g/mol. The molecule has 2 N–H and O–H groups in total. The standard InChI is InChI=1S/C34H41FO6/c1-24(2)34(38)41-17-8-12-29-20-30(31-14-13-27(21-32(31)35)26-9-5-4-6-10-26)19-28(11-7-16-39-3)33(29)40-18-15-25(22-36)23-37/h4-6,9-10,13-14,19-21,25,36-37H,1,7-8,11-12,15-18,22-23H2,2-3H3. The third-order valence-electron chi connectivity index (χ3n) is 6.89. The molecule has 0 bridgehead atoms. The summed E-state index contributed by atoms with van der Waals surface area (Å²) in [6, 6.07) is 18.9. The predicted molar refractivity (Wildman–Crippen MR) is 159 cm³/mol. The van der Waals surface area contributed by atoms with E-state index >= 15 is 4.39 Å². The van der Waals surface area contributed by atoms with Crippen LogP contribution in [0, 0.1) is 11.7 Å². The van der Waals surface area contributed by atoms with Crippen LogP contribution in [0.5, 0.6) is 5.75 Å². The van der Waals surface area contributed by atoms with Crippen LogP contribution in [0.3, 0.4) is 0 Å². The van der Waals surface area contributed by atoms with Crippen LogP contribution in [0.4, 0.5) is 4.39 Å². The molecule has 0 aliphatic heterocycles. The second-order valence-electron chi connectivity index (χ2n) is 10.2. The number of ether oxygens (including phenoxy) is 3. The third kappa shape index (κ3) is 9.52. The summed E-state index contributed by atoms with van der Waals surface area (Å²) in [6.45, 7) is 6.05. The SMILES string of the molecule is C=C(C)C(=O)OCCCc1cc(-c2ccc(-c3ccccc3)cc2F)cc(CCCOC)c1OCCC(CO)CO. The molecule has 3 aromatic carbocycles. The van der Waals surface area contributed by atoms with Crippen LogP contribution in [-0.4, -0.2) is 56.3 Å². The van der Waals surface area contributed by atoms with Gasteiger partial charge in [-0.15, -0.1) is 0 Å². The summed E-state index contributed by atoms with van der Waals surface area (Å²) < 4.78 is 32.4. The van der Waals surface area contributed by atoms with Crippen LogP contribution in [0.15, 0.2) is 72.8 Å². The number of hydrogen-bond donors (Lipinski definition) is 2. The number of methoxy groups -OCH3 is 1. The van der Waals surface area contributed by atoms with Gasteiger partial charge in [0.15, 0.2) is 0 Å². The highest BCUT2D eigenvalue weighted by Gasteiger charge is 2.17. The highest BCUT2D eigenvalue weighted by molar-refractivity contribution is 5.86. The Hall–Kier alpha value is -3.52. The Bertz CT molecular complexity index is 1270. The maximum absolute atomic E-state index is 15.6. The molecule has 0 radical (unpaired) electrons. The lowest BCUT2D eigenvalue weighted by molar-refractivity contribution is -0.139. The molecule has 0 saturated heterocycles. The molecule has 0 amide bonds. The van der Waals surface area contributed by atoms with E-state index in [4.69, 9.17) is 14.2 Å². The van der Waals surface area contributed by atoms with Gasteiger partial charge in [-0.2, -0.15) is 0 Å². The molecule has 0 unspecified atom stereocenters. The monoisotopic (exact) mass is 564 g/mol. The fraction of sp³-hybridized carbons (Fsp3) is 0.382. The van der Waals surface area contributed by atoms with Gasteiger partial charge in [-0.1, -0.05) is 49.0 Å². The van der Waals surface area contributed by atoms with Gasteiger partial charge in [0.2, 0.25) is 0 Å². The number of carbonyl (C=O) groups excluding carboxylic acids is 1. The molecule has 0 fully saturated rings. The van der Waals surface area contributed by atoms with E-state index in [-0.39, 0.29) is 31.6 Å². The van der Waals surface area contributed by atoms with Crippen LogP contribution in [0.25, 0.3) is 22.3 Å². The Balaban J connectivity index is 1.97. The lowest BCUT2D eigenvalue weighted by atomic mass is 9.93. The maximum atomic E-state index is 15.6. The molecule has 0 aromatic heterocycles. The highest BCUT2D eigenvalue weighted by Crippen LogP contribution is 2.35. The Morgan fingerprint density at radius 3 is 2.12 bits per heavy atom. The van der Waals surface area contributed by atoms with Gasteiger partial charge in [-0.3, -0.25) is 0 Å². The van der Waals surface area contributed by atoms with Crippen LogP contribution in [-0.2, 0) is 27.1 Å². The van der Waals surface area contributed by atoms with Crippen LogP contribution >= 0.6 is 0 Å². The minimum atomic E-state index is -0.435. The first kappa shape index (κ1) is 32.0. The van der Waals surface area contributed by atoms with Crippen molar-refractivity contribution in [2.45, 2.75) is 39.0 Å². The number of aliphatic hydroxyl groups is 2. The van der Waals surface area contributed by atoms with Crippen molar-refractivity contribution in [2.75, 3.05) is 40.1 Å². The Kier molecular flexibility index (Phi) is 13.0. The van der Waals surface area contributed by atoms with E-state index in [0.29, 0.717) is 55.8 Å². The summed E-state index contributed by atoms with van der Waals surface area (Å²) in [5.41, 5.74) is 5.10. The van der Waals surface area contributed by atoms with Crippen LogP contribution in [0.2, 0.25) is 0 Å². The third-order valence-corrected chi connectivity index (χ3v) is 6.89. The van der Waals surface area contributed by atoms with Crippen LogP contribution < -0.4 is 4.74 Å². The molecule has 0 atom stereocenters. The zero-order valence-electron chi connectivity index (χ0n) is 24.0. The second-order valence-corrected chi connectivity index (χ2v) is 10.2. The zero-order valence-corrected chi connectivity index (χ0v) is 24.0. The molecule has 0 aliphatic rings. The molecule has 3 rings (SSSR count). The molecule has 0 heterocycles. The summed E-state index contributed by atoms with van der Waals surface area (Å²) in [7, 11) is 1.65. The number of halogens is 1. The van der Waals surface area contributed by atoms with E-state index in [0.717, 1.165) is 34.2 Å². The molecule has 3 aromatic rings. The molecule has 7 heteroatoms. The van der Waals surface area contributed by atoms with Crippen molar-refractivity contribution in [2.24, 2.45) is 5.92 Å². The van der Waals surface area contributed by atoms with Crippen molar-refractivity contribution < 1.29 is 33.6 Å². The van der Waals surface area contributed by atoms with E-state index < -0.39 is 5.97 Å². The average Bonchev–Trinajstić information content (AvgIpc) is 2.98. The van der Waals surface area contributed by atoms with E-state index in [9.17, 15) is 15.0 Å². The van der Waals surface area contributed by atoms with E-state index in [1.54, 1.807) is 26.2 Å². The second kappa shape index (κ2) is 16.7. The number of aliphatic hydroxyl groups excluding tert-OH is 2. The van der Waals surface area contributed by atoms with Gasteiger partial charge >= 0.3 is 5.97 Å². The van der Waals surface area contributed by atoms with Crippen LogP contribution in [0.1, 0.15) is 37.3 Å². The number of carbonyl (C=O) groups is 1. The summed E-state index contributed by atoms with van der Waals surface area (Å²) in [5.74, 6) is -0.325.